The lowest BCUT2D eigenvalue weighted by atomic mass is 10.0. The third-order valence-corrected chi connectivity index (χ3v) is 2.42. The van der Waals surface area contributed by atoms with Gasteiger partial charge in [-0.15, -0.1) is 13.2 Å². The average molecular weight is 332 g/mol. The summed E-state index contributed by atoms with van der Waals surface area (Å²) in [5.74, 6) is -2.25. The number of carbonyl (C=O) groups excluding carboxylic acids is 1. The number of hydrogen-bond donors (Lipinski definition) is 1. The molecule has 0 saturated carbocycles. The van der Waals surface area contributed by atoms with Crippen molar-refractivity contribution in [3.8, 4) is 5.88 Å². The van der Waals surface area contributed by atoms with Crippen molar-refractivity contribution in [3.63, 3.8) is 0 Å². The van der Waals surface area contributed by atoms with Crippen molar-refractivity contribution in [2.75, 3.05) is 7.11 Å². The Bertz CT molecular complexity index is 556. The van der Waals surface area contributed by atoms with E-state index in [9.17, 15) is 31.1 Å². The van der Waals surface area contributed by atoms with E-state index in [2.05, 4.69) is 14.5 Å². The molecule has 0 bridgehead atoms. The summed E-state index contributed by atoms with van der Waals surface area (Å²) in [7, 11) is 0.912. The predicted molar refractivity (Wildman–Crippen MR) is 59.5 cm³/mol. The van der Waals surface area contributed by atoms with Crippen molar-refractivity contribution in [2.24, 2.45) is 5.73 Å². The van der Waals surface area contributed by atoms with Gasteiger partial charge in [0.25, 0.3) is 0 Å². The van der Waals surface area contributed by atoms with Crippen LogP contribution in [0.3, 0.4) is 0 Å². The normalized spacial score (nSPS) is 12.2. The molecule has 22 heavy (non-hydrogen) atoms. The van der Waals surface area contributed by atoms with Crippen molar-refractivity contribution in [1.29, 1.82) is 0 Å². The molecule has 1 rings (SSSR count). The zero-order chi connectivity index (χ0) is 17.1. The molecule has 0 saturated heterocycles. The highest BCUT2D eigenvalue weighted by Gasteiger charge is 2.39. The maximum atomic E-state index is 13.0. The molecule has 0 aliphatic heterocycles. The molecule has 1 aromatic heterocycles. The van der Waals surface area contributed by atoms with Crippen molar-refractivity contribution < 1.29 is 40.6 Å². The highest BCUT2D eigenvalue weighted by molar-refractivity contribution is 5.72. The van der Waals surface area contributed by atoms with Crippen LogP contribution in [0.4, 0.5) is 26.3 Å². The molecule has 11 heteroatoms. The Morgan fingerprint density at radius 2 is 1.86 bits per heavy atom. The van der Waals surface area contributed by atoms with Crippen molar-refractivity contribution in [2.45, 2.75) is 25.5 Å². The number of halogens is 6. The van der Waals surface area contributed by atoms with Crippen LogP contribution in [-0.2, 0) is 28.7 Å². The van der Waals surface area contributed by atoms with E-state index in [4.69, 9.17) is 5.73 Å². The minimum Gasteiger partial charge on any atom is -0.469 e. The molecular weight excluding hydrogens is 322 g/mol. The van der Waals surface area contributed by atoms with E-state index in [0.29, 0.717) is 6.07 Å². The standard InChI is InChI=1S/C11H10F6N2O3/c1-21-8(20)3-6-9(10(12,13)14)5(4-18)2-7(19-6)22-11(15,16)17/h2H,3-4,18H2,1H3. The smallest absolute Gasteiger partial charge is 0.469 e. The van der Waals surface area contributed by atoms with Crippen LogP contribution in [0.25, 0.3) is 0 Å². The summed E-state index contributed by atoms with van der Waals surface area (Å²) in [6, 6.07) is 0.428. The minimum atomic E-state index is -5.15. The van der Waals surface area contributed by atoms with Gasteiger partial charge in [-0.25, -0.2) is 4.98 Å². The summed E-state index contributed by atoms with van der Waals surface area (Å²) in [4.78, 5) is 14.2. The van der Waals surface area contributed by atoms with Crippen molar-refractivity contribution in [3.05, 3.63) is 22.9 Å². The number of aromatic nitrogens is 1. The van der Waals surface area contributed by atoms with Crippen LogP contribution in [-0.4, -0.2) is 24.4 Å². The van der Waals surface area contributed by atoms with Crippen LogP contribution in [0.5, 0.6) is 5.88 Å². The van der Waals surface area contributed by atoms with Crippen molar-refractivity contribution in [1.82, 2.24) is 4.98 Å². The Morgan fingerprint density at radius 1 is 1.27 bits per heavy atom. The largest absolute Gasteiger partial charge is 0.574 e. The highest BCUT2D eigenvalue weighted by Crippen LogP contribution is 2.36. The van der Waals surface area contributed by atoms with Crippen LogP contribution in [0.1, 0.15) is 16.8 Å². The molecule has 124 valence electrons. The second-order valence-corrected chi connectivity index (χ2v) is 3.94. The van der Waals surface area contributed by atoms with Crippen LogP contribution in [0, 0.1) is 0 Å². The molecule has 0 aliphatic rings. The SMILES string of the molecule is COC(=O)Cc1nc(OC(F)(F)F)cc(CN)c1C(F)(F)F. The number of esters is 1. The van der Waals surface area contributed by atoms with E-state index in [-0.39, 0.29) is 0 Å². The highest BCUT2D eigenvalue weighted by atomic mass is 19.4. The second kappa shape index (κ2) is 6.38. The third kappa shape index (κ3) is 4.76. The fourth-order valence-electron chi connectivity index (χ4n) is 1.64. The lowest BCUT2D eigenvalue weighted by Crippen LogP contribution is -2.22. The number of alkyl halides is 6. The van der Waals surface area contributed by atoms with E-state index in [0.717, 1.165) is 7.11 Å². The summed E-state index contributed by atoms with van der Waals surface area (Å²) in [6.07, 6.45) is -11.1. The number of ether oxygens (including phenoxy) is 2. The molecule has 1 heterocycles. The number of methoxy groups -OCH3 is 1. The fraction of sp³-hybridized carbons (Fsp3) is 0.455. The maximum absolute atomic E-state index is 13.0. The van der Waals surface area contributed by atoms with Crippen LogP contribution >= 0.6 is 0 Å². The molecule has 0 radical (unpaired) electrons. The van der Waals surface area contributed by atoms with Gasteiger partial charge < -0.3 is 15.2 Å². The van der Waals surface area contributed by atoms with Gasteiger partial charge in [0, 0.05) is 12.6 Å². The van der Waals surface area contributed by atoms with Crippen LogP contribution in [0.2, 0.25) is 0 Å². The van der Waals surface area contributed by atoms with Gasteiger partial charge in [0.15, 0.2) is 0 Å². The van der Waals surface area contributed by atoms with Gasteiger partial charge in [-0.2, -0.15) is 13.2 Å². The summed E-state index contributed by atoms with van der Waals surface area (Å²) in [6.45, 7) is -0.722. The predicted octanol–water partition coefficient (Wildman–Crippen LogP) is 2.17. The molecule has 0 aliphatic carbocycles. The second-order valence-electron chi connectivity index (χ2n) is 3.94. The first-order valence-electron chi connectivity index (χ1n) is 5.60. The first-order chi connectivity index (χ1) is 9.97. The van der Waals surface area contributed by atoms with Gasteiger partial charge in [0.2, 0.25) is 5.88 Å². The first-order valence-corrected chi connectivity index (χ1v) is 5.60. The number of nitrogens with two attached hydrogens (primary N) is 1. The third-order valence-electron chi connectivity index (χ3n) is 2.42. The first kappa shape index (κ1) is 18.0. The van der Waals surface area contributed by atoms with Gasteiger partial charge in [0.1, 0.15) is 0 Å². The summed E-state index contributed by atoms with van der Waals surface area (Å²) < 4.78 is 83.2. The summed E-state index contributed by atoms with van der Waals surface area (Å²) in [5, 5.41) is 0. The molecule has 0 unspecified atom stereocenters. The molecule has 0 amide bonds. The van der Waals surface area contributed by atoms with Gasteiger partial charge >= 0.3 is 18.5 Å². The van der Waals surface area contributed by atoms with E-state index >= 15 is 0 Å². The molecule has 1 aromatic rings. The lowest BCUT2D eigenvalue weighted by molar-refractivity contribution is -0.276. The number of nitrogens with zero attached hydrogens (tertiary/aromatic N) is 1. The monoisotopic (exact) mass is 332 g/mol. The Morgan fingerprint density at radius 3 is 2.27 bits per heavy atom. The Kier molecular flexibility index (Phi) is 5.22. The number of rotatable bonds is 4. The zero-order valence-corrected chi connectivity index (χ0v) is 11.0. The topological polar surface area (TPSA) is 74.4 Å². The molecule has 0 spiro atoms. The molecule has 0 aromatic carbocycles. The molecule has 0 atom stereocenters. The van der Waals surface area contributed by atoms with E-state index in [1.54, 1.807) is 0 Å². The Labute approximate surface area is 120 Å². The lowest BCUT2D eigenvalue weighted by Gasteiger charge is -2.17. The van der Waals surface area contributed by atoms with Gasteiger partial charge in [-0.3, -0.25) is 4.79 Å². The molecular formula is C11H10F6N2O3. The Balaban J connectivity index is 3.45. The number of hydrogen-bond acceptors (Lipinski definition) is 5. The summed E-state index contributed by atoms with van der Waals surface area (Å²) in [5.41, 5.74) is 2.11. The zero-order valence-electron chi connectivity index (χ0n) is 11.0. The van der Waals surface area contributed by atoms with Crippen LogP contribution in [0.15, 0.2) is 6.07 Å². The van der Waals surface area contributed by atoms with Crippen molar-refractivity contribution >= 4 is 5.97 Å². The average Bonchev–Trinajstić information content (AvgIpc) is 2.34. The summed E-state index contributed by atoms with van der Waals surface area (Å²) >= 11 is 0. The van der Waals surface area contributed by atoms with Gasteiger partial charge in [-0.05, 0) is 5.56 Å². The number of carbonyl (C=O) groups is 1. The van der Waals surface area contributed by atoms with E-state index in [1.165, 1.54) is 0 Å². The minimum absolute atomic E-state index is 0.428. The molecule has 2 N–H and O–H groups in total. The van der Waals surface area contributed by atoms with E-state index < -0.39 is 54.2 Å². The molecule has 0 fully saturated rings. The van der Waals surface area contributed by atoms with Crippen LogP contribution < -0.4 is 10.5 Å². The maximum Gasteiger partial charge on any atom is 0.574 e. The van der Waals surface area contributed by atoms with Gasteiger partial charge in [0.05, 0.1) is 24.8 Å². The molecule has 5 nitrogen and oxygen atoms in total. The van der Waals surface area contributed by atoms with Gasteiger partial charge in [-0.1, -0.05) is 0 Å². The number of pyridine rings is 1. The fourth-order valence-corrected chi connectivity index (χ4v) is 1.64. The van der Waals surface area contributed by atoms with E-state index in [1.807, 2.05) is 0 Å². The Hall–Kier alpha value is -2.04. The quantitative estimate of drug-likeness (QED) is 0.676.